The highest BCUT2D eigenvalue weighted by Crippen LogP contribution is 2.25. The van der Waals surface area contributed by atoms with Gasteiger partial charge in [-0.2, -0.15) is 0 Å². The normalized spacial score (nSPS) is 19.7. The fraction of sp³-hybridized carbons (Fsp3) is 0.526. The van der Waals surface area contributed by atoms with Crippen molar-refractivity contribution in [1.29, 1.82) is 0 Å². The van der Waals surface area contributed by atoms with E-state index in [1.807, 2.05) is 30.5 Å². The van der Waals surface area contributed by atoms with Crippen molar-refractivity contribution in [3.05, 3.63) is 30.5 Å². The Kier molecular flexibility index (Phi) is 4.32. The molecule has 126 valence electrons. The number of amides is 1. The molecule has 0 atom stereocenters. The number of fused-ring (bicyclic) bond motifs is 1. The third-order valence-corrected chi connectivity index (χ3v) is 5.27. The number of para-hydroxylation sites is 2. The van der Waals surface area contributed by atoms with Crippen molar-refractivity contribution in [3.63, 3.8) is 0 Å². The highest BCUT2D eigenvalue weighted by molar-refractivity contribution is 5.79. The maximum atomic E-state index is 12.7. The van der Waals surface area contributed by atoms with E-state index in [2.05, 4.69) is 14.8 Å². The van der Waals surface area contributed by atoms with Gasteiger partial charge in [0, 0.05) is 32.1 Å². The Morgan fingerprint density at radius 1 is 0.958 bits per heavy atom. The Morgan fingerprint density at radius 2 is 1.67 bits per heavy atom. The molecule has 2 saturated heterocycles. The molecule has 2 aliphatic rings. The Balaban J connectivity index is 1.40. The average Bonchev–Trinajstić information content (AvgIpc) is 2.68. The minimum atomic E-state index is 0.188. The van der Waals surface area contributed by atoms with Gasteiger partial charge in [-0.25, -0.2) is 4.98 Å². The molecular weight excluding hydrogens is 300 g/mol. The predicted octanol–water partition coefficient (Wildman–Crippen LogP) is 2.86. The zero-order valence-electron chi connectivity index (χ0n) is 14.0. The lowest BCUT2D eigenvalue weighted by Gasteiger charge is -2.36. The topological polar surface area (TPSA) is 49.3 Å². The van der Waals surface area contributed by atoms with Crippen LogP contribution in [-0.2, 0) is 4.79 Å². The van der Waals surface area contributed by atoms with E-state index in [-0.39, 0.29) is 5.92 Å². The Hall–Kier alpha value is -2.17. The van der Waals surface area contributed by atoms with Gasteiger partial charge >= 0.3 is 0 Å². The predicted molar refractivity (Wildman–Crippen MR) is 94.9 cm³/mol. The number of rotatable bonds is 2. The van der Waals surface area contributed by atoms with Gasteiger partial charge in [0.15, 0.2) is 0 Å². The number of hydrogen-bond acceptors (Lipinski definition) is 4. The second-order valence-corrected chi connectivity index (χ2v) is 6.86. The molecule has 5 nitrogen and oxygen atoms in total. The molecule has 1 amide bonds. The SMILES string of the molecule is O=C(C1CCN(c2cnc3ccccc3n2)CC1)N1CCCCC1. The molecule has 1 aromatic heterocycles. The van der Waals surface area contributed by atoms with Crippen LogP contribution in [0.25, 0.3) is 11.0 Å². The van der Waals surface area contributed by atoms with Crippen molar-refractivity contribution in [2.45, 2.75) is 32.1 Å². The van der Waals surface area contributed by atoms with E-state index in [9.17, 15) is 4.79 Å². The molecule has 0 radical (unpaired) electrons. The number of aromatic nitrogens is 2. The summed E-state index contributed by atoms with van der Waals surface area (Å²) in [5.74, 6) is 1.49. The maximum absolute atomic E-state index is 12.7. The molecule has 0 spiro atoms. The van der Waals surface area contributed by atoms with Crippen molar-refractivity contribution in [3.8, 4) is 0 Å². The first-order chi connectivity index (χ1) is 11.8. The summed E-state index contributed by atoms with van der Waals surface area (Å²) >= 11 is 0. The van der Waals surface area contributed by atoms with Crippen LogP contribution < -0.4 is 4.90 Å². The summed E-state index contributed by atoms with van der Waals surface area (Å²) in [5, 5.41) is 0. The first-order valence-corrected chi connectivity index (χ1v) is 9.07. The fourth-order valence-corrected chi connectivity index (χ4v) is 3.83. The summed E-state index contributed by atoms with van der Waals surface area (Å²) in [6.45, 7) is 3.68. The average molecular weight is 324 g/mol. The third kappa shape index (κ3) is 3.07. The lowest BCUT2D eigenvalue weighted by Crippen LogP contribution is -2.44. The van der Waals surface area contributed by atoms with Crippen LogP contribution in [0.4, 0.5) is 5.82 Å². The van der Waals surface area contributed by atoms with Gasteiger partial charge in [-0.15, -0.1) is 0 Å². The van der Waals surface area contributed by atoms with Crippen LogP contribution >= 0.6 is 0 Å². The smallest absolute Gasteiger partial charge is 0.225 e. The molecule has 0 unspecified atom stereocenters. The van der Waals surface area contributed by atoms with Gasteiger partial charge in [0.1, 0.15) is 5.82 Å². The molecule has 3 heterocycles. The molecule has 0 N–H and O–H groups in total. The summed E-state index contributed by atoms with van der Waals surface area (Å²) < 4.78 is 0. The van der Waals surface area contributed by atoms with Crippen molar-refractivity contribution in [2.24, 2.45) is 5.92 Å². The second kappa shape index (κ2) is 6.75. The molecule has 2 aromatic rings. The molecular formula is C19H24N4O. The summed E-state index contributed by atoms with van der Waals surface area (Å²) in [6.07, 6.45) is 7.29. The molecule has 1 aromatic carbocycles. The van der Waals surface area contributed by atoms with Crippen molar-refractivity contribution in [1.82, 2.24) is 14.9 Å². The number of hydrogen-bond donors (Lipinski definition) is 0. The number of carbonyl (C=O) groups is 1. The van der Waals surface area contributed by atoms with E-state index in [0.29, 0.717) is 5.91 Å². The van der Waals surface area contributed by atoms with Crippen LogP contribution in [0, 0.1) is 5.92 Å². The maximum Gasteiger partial charge on any atom is 0.225 e. The van der Waals surface area contributed by atoms with E-state index < -0.39 is 0 Å². The number of piperidine rings is 2. The quantitative estimate of drug-likeness (QED) is 0.852. The lowest BCUT2D eigenvalue weighted by atomic mass is 9.94. The standard InChI is InChI=1S/C19H24N4O/c24-19(23-10-4-1-5-11-23)15-8-12-22(13-9-15)18-14-20-16-6-2-3-7-17(16)21-18/h2-3,6-7,14-15H,1,4-5,8-13H2. The van der Waals surface area contributed by atoms with Gasteiger partial charge in [-0.3, -0.25) is 9.78 Å². The largest absolute Gasteiger partial charge is 0.355 e. The first-order valence-electron chi connectivity index (χ1n) is 9.07. The third-order valence-electron chi connectivity index (χ3n) is 5.27. The number of likely N-dealkylation sites (tertiary alicyclic amines) is 1. The molecule has 2 aliphatic heterocycles. The minimum Gasteiger partial charge on any atom is -0.355 e. The van der Waals surface area contributed by atoms with E-state index in [1.54, 1.807) is 0 Å². The Bertz CT molecular complexity index is 718. The van der Waals surface area contributed by atoms with Crippen LogP contribution in [-0.4, -0.2) is 47.0 Å². The summed E-state index contributed by atoms with van der Waals surface area (Å²) in [6, 6.07) is 7.95. The molecule has 0 aliphatic carbocycles. The highest BCUT2D eigenvalue weighted by atomic mass is 16.2. The van der Waals surface area contributed by atoms with Gasteiger partial charge < -0.3 is 9.80 Å². The second-order valence-electron chi connectivity index (χ2n) is 6.86. The van der Waals surface area contributed by atoms with Crippen LogP contribution in [0.1, 0.15) is 32.1 Å². The van der Waals surface area contributed by atoms with Gasteiger partial charge in [0.05, 0.1) is 17.2 Å². The molecule has 2 fully saturated rings. The van der Waals surface area contributed by atoms with Crippen LogP contribution in [0.2, 0.25) is 0 Å². The fourth-order valence-electron chi connectivity index (χ4n) is 3.83. The van der Waals surface area contributed by atoms with Crippen molar-refractivity contribution in [2.75, 3.05) is 31.1 Å². The van der Waals surface area contributed by atoms with Gasteiger partial charge in [0.25, 0.3) is 0 Å². The molecule has 0 bridgehead atoms. The molecule has 0 saturated carbocycles. The van der Waals surface area contributed by atoms with E-state index >= 15 is 0 Å². The van der Waals surface area contributed by atoms with E-state index in [1.165, 1.54) is 6.42 Å². The highest BCUT2D eigenvalue weighted by Gasteiger charge is 2.29. The molecule has 5 heteroatoms. The summed E-state index contributed by atoms with van der Waals surface area (Å²) in [7, 11) is 0. The minimum absolute atomic E-state index is 0.188. The summed E-state index contributed by atoms with van der Waals surface area (Å²) in [5.41, 5.74) is 1.86. The number of nitrogens with zero attached hydrogens (tertiary/aromatic N) is 4. The van der Waals surface area contributed by atoms with Gasteiger partial charge in [0.2, 0.25) is 5.91 Å². The zero-order valence-corrected chi connectivity index (χ0v) is 14.0. The van der Waals surface area contributed by atoms with Crippen molar-refractivity contribution >= 4 is 22.8 Å². The van der Waals surface area contributed by atoms with E-state index in [0.717, 1.165) is 68.7 Å². The Morgan fingerprint density at radius 3 is 2.42 bits per heavy atom. The summed E-state index contributed by atoms with van der Waals surface area (Å²) in [4.78, 5) is 26.2. The monoisotopic (exact) mass is 324 g/mol. The number of benzene rings is 1. The number of carbonyl (C=O) groups excluding carboxylic acids is 1. The van der Waals surface area contributed by atoms with Gasteiger partial charge in [-0.05, 0) is 44.2 Å². The molecule has 4 rings (SSSR count). The molecule has 24 heavy (non-hydrogen) atoms. The van der Waals surface area contributed by atoms with Crippen molar-refractivity contribution < 1.29 is 4.79 Å². The van der Waals surface area contributed by atoms with Crippen LogP contribution in [0.15, 0.2) is 30.5 Å². The zero-order chi connectivity index (χ0) is 16.4. The van der Waals surface area contributed by atoms with Gasteiger partial charge in [-0.1, -0.05) is 12.1 Å². The van der Waals surface area contributed by atoms with Crippen LogP contribution in [0.5, 0.6) is 0 Å². The Labute approximate surface area is 142 Å². The lowest BCUT2D eigenvalue weighted by molar-refractivity contribution is -0.137. The number of anilines is 1. The first kappa shape index (κ1) is 15.4. The van der Waals surface area contributed by atoms with Crippen LogP contribution in [0.3, 0.4) is 0 Å². The van der Waals surface area contributed by atoms with E-state index in [4.69, 9.17) is 4.98 Å².